The van der Waals surface area contributed by atoms with Crippen LogP contribution in [0.1, 0.15) is 11.3 Å². The molecule has 25 heavy (non-hydrogen) atoms. The van der Waals surface area contributed by atoms with Gasteiger partial charge in [-0.15, -0.1) is 10.2 Å². The van der Waals surface area contributed by atoms with E-state index in [0.29, 0.717) is 32.7 Å². The molecule has 4 rings (SSSR count). The predicted octanol–water partition coefficient (Wildman–Crippen LogP) is 3.16. The fraction of sp³-hybridized carbons (Fsp3) is 0.0588. The number of fused-ring (bicyclic) bond motifs is 1. The molecule has 2 aromatic carbocycles. The van der Waals surface area contributed by atoms with Gasteiger partial charge in [-0.3, -0.25) is 4.79 Å². The SMILES string of the molecule is O=c1c(Cc2ccc(Cl)cc2)nnc2sc(-c3ccccc3O)nn12. The number of aromatic hydroxyl groups is 1. The molecule has 0 atom stereocenters. The maximum Gasteiger partial charge on any atom is 0.297 e. The Labute approximate surface area is 151 Å². The van der Waals surface area contributed by atoms with Crippen LogP contribution in [-0.4, -0.2) is 24.9 Å². The fourth-order valence-corrected chi connectivity index (χ4v) is 3.41. The van der Waals surface area contributed by atoms with Gasteiger partial charge in [0.25, 0.3) is 5.56 Å². The molecule has 124 valence electrons. The zero-order valence-corrected chi connectivity index (χ0v) is 14.3. The van der Waals surface area contributed by atoms with E-state index in [1.54, 1.807) is 36.4 Å². The lowest BCUT2D eigenvalue weighted by molar-refractivity contribution is 0.477. The third-order valence-corrected chi connectivity index (χ3v) is 4.86. The molecule has 0 aliphatic rings. The molecule has 0 aliphatic carbocycles. The van der Waals surface area contributed by atoms with Gasteiger partial charge in [0.2, 0.25) is 4.96 Å². The first-order chi connectivity index (χ1) is 12.1. The molecule has 0 unspecified atom stereocenters. The van der Waals surface area contributed by atoms with Crippen LogP contribution < -0.4 is 5.56 Å². The van der Waals surface area contributed by atoms with Crippen LogP contribution in [0.4, 0.5) is 0 Å². The maximum atomic E-state index is 12.6. The lowest BCUT2D eigenvalue weighted by Gasteiger charge is -2.00. The van der Waals surface area contributed by atoms with Crippen molar-refractivity contribution in [2.24, 2.45) is 0 Å². The number of rotatable bonds is 3. The van der Waals surface area contributed by atoms with Gasteiger partial charge in [0.1, 0.15) is 11.4 Å². The van der Waals surface area contributed by atoms with E-state index in [9.17, 15) is 9.90 Å². The second kappa shape index (κ2) is 6.27. The Hall–Kier alpha value is -2.77. The van der Waals surface area contributed by atoms with Crippen LogP contribution in [0.15, 0.2) is 53.3 Å². The van der Waals surface area contributed by atoms with Crippen molar-refractivity contribution < 1.29 is 5.11 Å². The Morgan fingerprint density at radius 1 is 1.08 bits per heavy atom. The van der Waals surface area contributed by atoms with Crippen molar-refractivity contribution in [2.45, 2.75) is 6.42 Å². The van der Waals surface area contributed by atoms with Gasteiger partial charge in [0.05, 0.1) is 5.56 Å². The first kappa shape index (κ1) is 15.7. The molecule has 2 aromatic heterocycles. The first-order valence-corrected chi connectivity index (χ1v) is 8.59. The third-order valence-electron chi connectivity index (χ3n) is 3.67. The summed E-state index contributed by atoms with van der Waals surface area (Å²) in [5.74, 6) is 0.101. The van der Waals surface area contributed by atoms with Crippen LogP contribution >= 0.6 is 22.9 Å². The Morgan fingerprint density at radius 3 is 2.60 bits per heavy atom. The Balaban J connectivity index is 1.77. The number of halogens is 1. The molecule has 0 saturated heterocycles. The molecule has 0 bridgehead atoms. The van der Waals surface area contributed by atoms with Crippen molar-refractivity contribution in [1.29, 1.82) is 0 Å². The fourth-order valence-electron chi connectivity index (χ4n) is 2.42. The van der Waals surface area contributed by atoms with Crippen LogP contribution in [0.25, 0.3) is 15.5 Å². The molecular formula is C17H11ClN4O2S. The van der Waals surface area contributed by atoms with E-state index in [1.807, 2.05) is 12.1 Å². The predicted molar refractivity (Wildman–Crippen MR) is 96.3 cm³/mol. The van der Waals surface area contributed by atoms with E-state index in [-0.39, 0.29) is 11.3 Å². The monoisotopic (exact) mass is 370 g/mol. The lowest BCUT2D eigenvalue weighted by atomic mass is 10.1. The minimum absolute atomic E-state index is 0.101. The quantitative estimate of drug-likeness (QED) is 0.599. The average molecular weight is 371 g/mol. The van der Waals surface area contributed by atoms with Crippen molar-refractivity contribution in [3.63, 3.8) is 0 Å². The summed E-state index contributed by atoms with van der Waals surface area (Å²) in [7, 11) is 0. The molecule has 0 saturated carbocycles. The standard InChI is InChI=1S/C17H11ClN4O2S/c18-11-7-5-10(6-8-11)9-13-16(24)22-17(20-19-13)25-15(21-22)12-3-1-2-4-14(12)23/h1-8,23H,9H2. The summed E-state index contributed by atoms with van der Waals surface area (Å²) in [5.41, 5.74) is 1.44. The normalized spacial score (nSPS) is 11.1. The highest BCUT2D eigenvalue weighted by atomic mass is 35.5. The highest BCUT2D eigenvalue weighted by molar-refractivity contribution is 7.19. The van der Waals surface area contributed by atoms with Gasteiger partial charge < -0.3 is 5.11 Å². The molecule has 6 nitrogen and oxygen atoms in total. The van der Waals surface area contributed by atoms with Crippen molar-refractivity contribution in [3.8, 4) is 16.3 Å². The number of phenolic OH excluding ortho intramolecular Hbond substituents is 1. The molecule has 2 heterocycles. The number of phenols is 1. The van der Waals surface area contributed by atoms with E-state index in [2.05, 4.69) is 15.3 Å². The van der Waals surface area contributed by atoms with Gasteiger partial charge in [-0.1, -0.05) is 47.2 Å². The summed E-state index contributed by atoms with van der Waals surface area (Å²) in [5, 5.41) is 23.5. The Morgan fingerprint density at radius 2 is 1.84 bits per heavy atom. The van der Waals surface area contributed by atoms with Gasteiger partial charge in [-0.2, -0.15) is 9.61 Å². The van der Waals surface area contributed by atoms with Crippen molar-refractivity contribution in [3.05, 3.63) is 75.2 Å². The molecule has 8 heteroatoms. The van der Waals surface area contributed by atoms with Crippen LogP contribution in [0.5, 0.6) is 5.75 Å². The molecule has 0 spiro atoms. The lowest BCUT2D eigenvalue weighted by Crippen LogP contribution is -2.22. The summed E-state index contributed by atoms with van der Waals surface area (Å²) in [4.78, 5) is 13.0. The Bertz CT molecular complexity index is 1120. The van der Waals surface area contributed by atoms with Gasteiger partial charge >= 0.3 is 0 Å². The van der Waals surface area contributed by atoms with Crippen LogP contribution in [0.2, 0.25) is 5.02 Å². The van der Waals surface area contributed by atoms with E-state index < -0.39 is 0 Å². The van der Waals surface area contributed by atoms with E-state index in [4.69, 9.17) is 11.6 Å². The molecule has 0 amide bonds. The summed E-state index contributed by atoms with van der Waals surface area (Å²) in [6.07, 6.45) is 0.343. The highest BCUT2D eigenvalue weighted by Crippen LogP contribution is 2.31. The number of aromatic nitrogens is 4. The maximum absolute atomic E-state index is 12.6. The second-order valence-corrected chi connectivity index (χ2v) is 6.77. The number of hydrogen-bond acceptors (Lipinski definition) is 6. The highest BCUT2D eigenvalue weighted by Gasteiger charge is 2.15. The van der Waals surface area contributed by atoms with E-state index in [0.717, 1.165) is 5.56 Å². The smallest absolute Gasteiger partial charge is 0.297 e. The molecular weight excluding hydrogens is 360 g/mol. The largest absolute Gasteiger partial charge is 0.507 e. The van der Waals surface area contributed by atoms with E-state index >= 15 is 0 Å². The minimum Gasteiger partial charge on any atom is -0.507 e. The molecule has 0 fully saturated rings. The zero-order valence-electron chi connectivity index (χ0n) is 12.8. The average Bonchev–Trinajstić information content (AvgIpc) is 3.04. The van der Waals surface area contributed by atoms with Crippen LogP contribution in [-0.2, 0) is 6.42 Å². The van der Waals surface area contributed by atoms with Gasteiger partial charge in [-0.05, 0) is 29.8 Å². The molecule has 1 N–H and O–H groups in total. The first-order valence-electron chi connectivity index (χ1n) is 7.40. The van der Waals surface area contributed by atoms with Crippen molar-refractivity contribution in [1.82, 2.24) is 19.8 Å². The van der Waals surface area contributed by atoms with E-state index in [1.165, 1.54) is 15.9 Å². The molecule has 0 aliphatic heterocycles. The number of hydrogen-bond donors (Lipinski definition) is 1. The van der Waals surface area contributed by atoms with Crippen molar-refractivity contribution >= 4 is 27.9 Å². The van der Waals surface area contributed by atoms with Crippen LogP contribution in [0.3, 0.4) is 0 Å². The zero-order chi connectivity index (χ0) is 17.4. The summed E-state index contributed by atoms with van der Waals surface area (Å²) < 4.78 is 1.23. The second-order valence-electron chi connectivity index (χ2n) is 5.37. The third kappa shape index (κ3) is 2.99. The minimum atomic E-state index is -0.321. The summed E-state index contributed by atoms with van der Waals surface area (Å²) >= 11 is 7.07. The Kier molecular flexibility index (Phi) is 3.95. The molecule has 4 aromatic rings. The summed E-state index contributed by atoms with van der Waals surface area (Å²) in [6, 6.07) is 14.0. The number of benzene rings is 2. The number of nitrogens with zero attached hydrogens (tertiary/aromatic N) is 4. The van der Waals surface area contributed by atoms with Crippen LogP contribution in [0, 0.1) is 0 Å². The number of para-hydroxylation sites is 1. The summed E-state index contributed by atoms with van der Waals surface area (Å²) in [6.45, 7) is 0. The van der Waals surface area contributed by atoms with Gasteiger partial charge in [0, 0.05) is 11.4 Å². The topological polar surface area (TPSA) is 80.4 Å². The van der Waals surface area contributed by atoms with Crippen molar-refractivity contribution in [2.75, 3.05) is 0 Å². The van der Waals surface area contributed by atoms with Gasteiger partial charge in [0.15, 0.2) is 5.01 Å². The molecule has 0 radical (unpaired) electrons. The van der Waals surface area contributed by atoms with Gasteiger partial charge in [-0.25, -0.2) is 0 Å².